The number of para-hydroxylation sites is 2. The van der Waals surface area contributed by atoms with Crippen LogP contribution in [-0.2, 0) is 18.3 Å². The molecule has 0 bridgehead atoms. The number of carbonyl (C=O) groups excluding carboxylic acids is 1. The largest absolute Gasteiger partial charge is 0.354 e. The van der Waals surface area contributed by atoms with Gasteiger partial charge in [-0.25, -0.2) is 4.98 Å². The van der Waals surface area contributed by atoms with Crippen LogP contribution in [0.3, 0.4) is 0 Å². The van der Waals surface area contributed by atoms with Crippen molar-refractivity contribution in [2.75, 3.05) is 26.2 Å². The van der Waals surface area contributed by atoms with Crippen LogP contribution in [0, 0.1) is 5.41 Å². The highest BCUT2D eigenvalue weighted by atomic mass is 16.2. The van der Waals surface area contributed by atoms with Gasteiger partial charge in [-0.15, -0.1) is 0 Å². The summed E-state index contributed by atoms with van der Waals surface area (Å²) in [6, 6.07) is 8.09. The molecule has 1 amide bonds. The Morgan fingerprint density at radius 2 is 2.16 bits per heavy atom. The molecular weight excluding hydrogens is 314 g/mol. The number of hydrogen-bond acceptors (Lipinski definition) is 4. The molecule has 2 aromatic rings. The molecule has 6 heteroatoms. The molecule has 134 valence electrons. The summed E-state index contributed by atoms with van der Waals surface area (Å²) in [6.45, 7) is 3.74. The van der Waals surface area contributed by atoms with Crippen molar-refractivity contribution >= 4 is 16.9 Å². The third kappa shape index (κ3) is 3.28. The Morgan fingerprint density at radius 3 is 2.96 bits per heavy atom. The average Bonchev–Trinajstić information content (AvgIpc) is 3.18. The van der Waals surface area contributed by atoms with Crippen LogP contribution in [0.5, 0.6) is 0 Å². The Balaban J connectivity index is 1.31. The van der Waals surface area contributed by atoms with Crippen molar-refractivity contribution in [1.82, 2.24) is 25.5 Å². The van der Waals surface area contributed by atoms with Crippen LogP contribution in [0.25, 0.3) is 11.0 Å². The maximum atomic E-state index is 12.5. The summed E-state index contributed by atoms with van der Waals surface area (Å²) < 4.78 is 2.11. The fraction of sp³-hybridized carbons (Fsp3) is 0.579. The van der Waals surface area contributed by atoms with Crippen LogP contribution in [0.4, 0.5) is 0 Å². The van der Waals surface area contributed by atoms with Gasteiger partial charge in [-0.1, -0.05) is 12.1 Å². The molecule has 3 heterocycles. The number of piperidine rings is 1. The first-order valence-electron chi connectivity index (χ1n) is 9.29. The maximum Gasteiger partial charge on any atom is 0.237 e. The van der Waals surface area contributed by atoms with Crippen molar-refractivity contribution in [2.45, 2.75) is 31.7 Å². The number of imidazole rings is 1. The van der Waals surface area contributed by atoms with Gasteiger partial charge in [0, 0.05) is 26.6 Å². The second kappa shape index (κ2) is 6.77. The van der Waals surface area contributed by atoms with E-state index >= 15 is 0 Å². The Kier molecular flexibility index (Phi) is 4.48. The van der Waals surface area contributed by atoms with Gasteiger partial charge in [0.05, 0.1) is 17.1 Å². The molecule has 0 unspecified atom stereocenters. The Morgan fingerprint density at radius 1 is 1.36 bits per heavy atom. The van der Waals surface area contributed by atoms with Gasteiger partial charge < -0.3 is 20.5 Å². The monoisotopic (exact) mass is 341 g/mol. The summed E-state index contributed by atoms with van der Waals surface area (Å²) in [4.78, 5) is 17.2. The molecule has 1 aromatic heterocycles. The fourth-order valence-electron chi connectivity index (χ4n) is 4.28. The minimum Gasteiger partial charge on any atom is -0.354 e. The standard InChI is InChI=1S/C19H27N5O/c1-24-16-5-3-2-4-14(16)23-17(24)6-9-21-18(25)15-12-19(13-22-15)7-10-20-11-8-19/h2-5,15,20,22H,6-13H2,1H3,(H,21,25)/t15-/m0/s1. The summed E-state index contributed by atoms with van der Waals surface area (Å²) in [5, 5.41) is 9.95. The number of fused-ring (bicyclic) bond motifs is 1. The van der Waals surface area contributed by atoms with E-state index in [1.165, 1.54) is 12.8 Å². The number of amides is 1. The van der Waals surface area contributed by atoms with E-state index in [1.807, 2.05) is 25.2 Å². The molecule has 3 N–H and O–H groups in total. The van der Waals surface area contributed by atoms with E-state index in [0.29, 0.717) is 12.0 Å². The van der Waals surface area contributed by atoms with E-state index < -0.39 is 0 Å². The second-order valence-electron chi connectivity index (χ2n) is 7.50. The van der Waals surface area contributed by atoms with Crippen molar-refractivity contribution in [1.29, 1.82) is 0 Å². The Hall–Kier alpha value is -1.92. The molecule has 0 aliphatic carbocycles. The quantitative estimate of drug-likeness (QED) is 0.775. The van der Waals surface area contributed by atoms with E-state index in [9.17, 15) is 4.79 Å². The zero-order chi connectivity index (χ0) is 17.3. The molecule has 2 saturated heterocycles. The first-order valence-corrected chi connectivity index (χ1v) is 9.29. The third-order valence-electron chi connectivity index (χ3n) is 5.87. The predicted molar refractivity (Wildman–Crippen MR) is 98.4 cm³/mol. The summed E-state index contributed by atoms with van der Waals surface area (Å²) >= 11 is 0. The highest BCUT2D eigenvalue weighted by molar-refractivity contribution is 5.82. The number of aromatic nitrogens is 2. The number of rotatable bonds is 4. The summed E-state index contributed by atoms with van der Waals surface area (Å²) in [7, 11) is 2.03. The lowest BCUT2D eigenvalue weighted by Crippen LogP contribution is -2.41. The molecule has 0 saturated carbocycles. The minimum absolute atomic E-state index is 0.0430. The van der Waals surface area contributed by atoms with Gasteiger partial charge in [0.1, 0.15) is 5.82 Å². The second-order valence-corrected chi connectivity index (χ2v) is 7.50. The van der Waals surface area contributed by atoms with E-state index in [2.05, 4.69) is 31.6 Å². The summed E-state index contributed by atoms with van der Waals surface area (Å²) in [5.41, 5.74) is 2.47. The SMILES string of the molecule is Cn1c(CCNC(=O)[C@@H]2CC3(CCNCC3)CN2)nc2ccccc21. The lowest BCUT2D eigenvalue weighted by molar-refractivity contribution is -0.122. The Labute approximate surface area is 148 Å². The van der Waals surface area contributed by atoms with Gasteiger partial charge in [-0.2, -0.15) is 0 Å². The fourth-order valence-corrected chi connectivity index (χ4v) is 4.28. The van der Waals surface area contributed by atoms with E-state index in [-0.39, 0.29) is 11.9 Å². The highest BCUT2D eigenvalue weighted by Crippen LogP contribution is 2.37. The Bertz CT molecular complexity index is 762. The number of carbonyl (C=O) groups is 1. The van der Waals surface area contributed by atoms with E-state index in [4.69, 9.17) is 0 Å². The van der Waals surface area contributed by atoms with E-state index in [1.54, 1.807) is 0 Å². The van der Waals surface area contributed by atoms with Crippen molar-refractivity contribution in [3.63, 3.8) is 0 Å². The van der Waals surface area contributed by atoms with Gasteiger partial charge in [-0.3, -0.25) is 4.79 Å². The number of aryl methyl sites for hydroxylation is 1. The zero-order valence-electron chi connectivity index (χ0n) is 14.8. The summed E-state index contributed by atoms with van der Waals surface area (Å²) in [5.74, 6) is 1.14. The van der Waals surface area contributed by atoms with Crippen LogP contribution in [0.1, 0.15) is 25.1 Å². The van der Waals surface area contributed by atoms with Gasteiger partial charge in [0.15, 0.2) is 0 Å². The number of nitrogens with one attached hydrogen (secondary N) is 3. The molecule has 2 aliphatic heterocycles. The van der Waals surface area contributed by atoms with Crippen LogP contribution >= 0.6 is 0 Å². The molecule has 25 heavy (non-hydrogen) atoms. The van der Waals surface area contributed by atoms with Gasteiger partial charge in [0.25, 0.3) is 0 Å². The molecule has 6 nitrogen and oxygen atoms in total. The molecule has 0 radical (unpaired) electrons. The third-order valence-corrected chi connectivity index (χ3v) is 5.87. The smallest absolute Gasteiger partial charge is 0.237 e. The number of benzene rings is 1. The van der Waals surface area contributed by atoms with Crippen LogP contribution < -0.4 is 16.0 Å². The highest BCUT2D eigenvalue weighted by Gasteiger charge is 2.41. The molecular formula is C19H27N5O. The van der Waals surface area contributed by atoms with Crippen LogP contribution in [0.15, 0.2) is 24.3 Å². The lowest BCUT2D eigenvalue weighted by Gasteiger charge is -2.33. The van der Waals surface area contributed by atoms with Crippen molar-refractivity contribution in [3.05, 3.63) is 30.1 Å². The van der Waals surface area contributed by atoms with Gasteiger partial charge in [0.2, 0.25) is 5.91 Å². The number of hydrogen-bond donors (Lipinski definition) is 3. The maximum absolute atomic E-state index is 12.5. The zero-order valence-corrected chi connectivity index (χ0v) is 14.8. The van der Waals surface area contributed by atoms with E-state index in [0.717, 1.165) is 49.3 Å². The minimum atomic E-state index is -0.0430. The number of nitrogens with zero attached hydrogens (tertiary/aromatic N) is 2. The lowest BCUT2D eigenvalue weighted by atomic mass is 9.77. The first-order chi connectivity index (χ1) is 12.2. The van der Waals surface area contributed by atoms with Crippen LogP contribution in [-0.4, -0.2) is 47.7 Å². The topological polar surface area (TPSA) is 71.0 Å². The molecule has 1 aromatic carbocycles. The van der Waals surface area contributed by atoms with Crippen molar-refractivity contribution in [2.24, 2.45) is 12.5 Å². The van der Waals surface area contributed by atoms with Crippen molar-refractivity contribution in [3.8, 4) is 0 Å². The normalized spacial score (nSPS) is 22.5. The average molecular weight is 341 g/mol. The molecule has 1 atom stereocenters. The molecule has 2 fully saturated rings. The van der Waals surface area contributed by atoms with Crippen molar-refractivity contribution < 1.29 is 4.79 Å². The predicted octanol–water partition coefficient (Wildman–Crippen LogP) is 0.964. The van der Waals surface area contributed by atoms with Gasteiger partial charge in [-0.05, 0) is 49.9 Å². The van der Waals surface area contributed by atoms with Gasteiger partial charge >= 0.3 is 0 Å². The first kappa shape index (κ1) is 16.5. The molecule has 2 aliphatic rings. The van der Waals surface area contributed by atoms with Crippen LogP contribution in [0.2, 0.25) is 0 Å². The molecule has 4 rings (SSSR count). The molecule has 1 spiro atoms. The summed E-state index contributed by atoms with van der Waals surface area (Å²) in [6.07, 6.45) is 4.05.